The lowest BCUT2D eigenvalue weighted by molar-refractivity contribution is -0.116. The fraction of sp³-hybridized carbons (Fsp3) is 0.176. The molecule has 0 aromatic heterocycles. The number of esters is 1. The Labute approximate surface area is 132 Å². The maximum absolute atomic E-state index is 13.6. The molecule has 6 heteroatoms. The Morgan fingerprint density at radius 1 is 1.26 bits per heavy atom. The van der Waals surface area contributed by atoms with E-state index in [9.17, 15) is 14.0 Å². The Hall–Kier alpha value is -2.89. The van der Waals surface area contributed by atoms with Crippen molar-refractivity contribution in [2.24, 2.45) is 0 Å². The van der Waals surface area contributed by atoms with Gasteiger partial charge in [0.2, 0.25) is 5.91 Å². The van der Waals surface area contributed by atoms with Gasteiger partial charge in [-0.3, -0.25) is 4.79 Å². The zero-order chi connectivity index (χ0) is 16.6. The highest BCUT2D eigenvalue weighted by Gasteiger charge is 2.26. The van der Waals surface area contributed by atoms with Gasteiger partial charge in [-0.2, -0.15) is 0 Å². The number of anilines is 2. The smallest absolute Gasteiger partial charge is 0.337 e. The van der Waals surface area contributed by atoms with Crippen molar-refractivity contribution in [3.8, 4) is 11.1 Å². The summed E-state index contributed by atoms with van der Waals surface area (Å²) in [6, 6.07) is 8.78. The number of hydrogen-bond donors (Lipinski definition) is 2. The van der Waals surface area contributed by atoms with Crippen molar-refractivity contribution in [2.75, 3.05) is 17.7 Å². The summed E-state index contributed by atoms with van der Waals surface area (Å²) in [6.07, 6.45) is 0. The van der Waals surface area contributed by atoms with E-state index in [-0.39, 0.29) is 17.3 Å². The lowest BCUT2D eigenvalue weighted by Gasteiger charge is -2.27. The summed E-state index contributed by atoms with van der Waals surface area (Å²) in [5.41, 5.74) is 2.62. The van der Waals surface area contributed by atoms with Crippen LogP contribution < -0.4 is 10.6 Å². The molecule has 2 aromatic carbocycles. The molecule has 0 fully saturated rings. The van der Waals surface area contributed by atoms with Crippen molar-refractivity contribution in [2.45, 2.75) is 13.0 Å². The second kappa shape index (κ2) is 5.72. The second-order valence-corrected chi connectivity index (χ2v) is 5.30. The average molecular weight is 314 g/mol. The Bertz CT molecular complexity index is 804. The van der Waals surface area contributed by atoms with Crippen LogP contribution in [-0.2, 0) is 9.53 Å². The normalized spacial score (nSPS) is 16.1. The van der Waals surface area contributed by atoms with Crippen molar-refractivity contribution >= 4 is 23.3 Å². The van der Waals surface area contributed by atoms with Crippen molar-refractivity contribution in [3.63, 3.8) is 0 Å². The summed E-state index contributed by atoms with van der Waals surface area (Å²) in [5.74, 6) is -1.12. The lowest BCUT2D eigenvalue weighted by Crippen LogP contribution is -2.36. The van der Waals surface area contributed by atoms with Crippen molar-refractivity contribution in [1.82, 2.24) is 0 Å². The van der Waals surface area contributed by atoms with Crippen molar-refractivity contribution < 1.29 is 18.7 Å². The quantitative estimate of drug-likeness (QED) is 0.836. The summed E-state index contributed by atoms with van der Waals surface area (Å²) < 4.78 is 18.3. The Morgan fingerprint density at radius 2 is 2.04 bits per heavy atom. The number of hydrogen-bond acceptors (Lipinski definition) is 4. The van der Waals surface area contributed by atoms with Crippen LogP contribution in [0.5, 0.6) is 0 Å². The first-order chi connectivity index (χ1) is 11.0. The third-order valence-corrected chi connectivity index (χ3v) is 3.71. The molecule has 1 aliphatic heterocycles. The average Bonchev–Trinajstić information content (AvgIpc) is 2.54. The number of fused-ring (bicyclic) bond motifs is 1. The van der Waals surface area contributed by atoms with Crippen LogP contribution in [0.4, 0.5) is 15.8 Å². The Morgan fingerprint density at radius 3 is 2.74 bits per heavy atom. The monoisotopic (exact) mass is 314 g/mol. The van der Waals surface area contributed by atoms with Gasteiger partial charge in [0.1, 0.15) is 11.9 Å². The molecule has 1 unspecified atom stereocenters. The predicted octanol–water partition coefficient (Wildman–Crippen LogP) is 3.03. The van der Waals surface area contributed by atoms with E-state index in [1.54, 1.807) is 31.2 Å². The number of benzene rings is 2. The molecule has 0 aliphatic carbocycles. The minimum absolute atomic E-state index is 0.204. The number of halogens is 1. The summed E-state index contributed by atoms with van der Waals surface area (Å²) in [4.78, 5) is 23.7. The van der Waals surface area contributed by atoms with Crippen LogP contribution in [0.15, 0.2) is 36.4 Å². The minimum Gasteiger partial charge on any atom is -0.465 e. The molecular weight excluding hydrogens is 299 g/mol. The van der Waals surface area contributed by atoms with E-state index in [0.717, 1.165) is 0 Å². The fourth-order valence-corrected chi connectivity index (χ4v) is 2.54. The fourth-order valence-electron chi connectivity index (χ4n) is 2.54. The largest absolute Gasteiger partial charge is 0.465 e. The van der Waals surface area contributed by atoms with Crippen LogP contribution >= 0.6 is 0 Å². The molecule has 0 saturated carbocycles. The first kappa shape index (κ1) is 15.0. The molecule has 0 bridgehead atoms. The van der Waals surface area contributed by atoms with Gasteiger partial charge in [-0.05, 0) is 36.8 Å². The van der Waals surface area contributed by atoms with Crippen molar-refractivity contribution in [1.29, 1.82) is 0 Å². The van der Waals surface area contributed by atoms with Crippen LogP contribution in [0.2, 0.25) is 0 Å². The van der Waals surface area contributed by atoms with E-state index in [2.05, 4.69) is 10.6 Å². The van der Waals surface area contributed by atoms with Gasteiger partial charge in [0.05, 0.1) is 24.0 Å². The third kappa shape index (κ3) is 2.75. The van der Waals surface area contributed by atoms with Crippen LogP contribution in [0.3, 0.4) is 0 Å². The summed E-state index contributed by atoms with van der Waals surface area (Å²) in [6.45, 7) is 1.72. The standard InChI is InChI=1S/C17H15FN2O3/c1-9-16(21)20-14-8-11(17(22)23-2)7-13(15(14)19-9)10-4-3-5-12(18)6-10/h3-9,19H,1-2H3,(H,20,21). The molecule has 2 N–H and O–H groups in total. The molecule has 1 amide bonds. The minimum atomic E-state index is -0.529. The van der Waals surface area contributed by atoms with Crippen LogP contribution in [-0.4, -0.2) is 25.0 Å². The Kier molecular flexibility index (Phi) is 3.73. The number of nitrogens with one attached hydrogen (secondary N) is 2. The number of carbonyl (C=O) groups excluding carboxylic acids is 2. The van der Waals surface area contributed by atoms with Gasteiger partial charge >= 0.3 is 5.97 Å². The van der Waals surface area contributed by atoms with Crippen LogP contribution in [0, 0.1) is 5.82 Å². The maximum atomic E-state index is 13.6. The Balaban J connectivity index is 2.22. The summed E-state index contributed by atoms with van der Waals surface area (Å²) >= 11 is 0. The first-order valence-electron chi connectivity index (χ1n) is 7.09. The highest BCUT2D eigenvalue weighted by molar-refractivity contribution is 6.08. The molecule has 3 rings (SSSR count). The van der Waals surface area contributed by atoms with Crippen LogP contribution in [0.25, 0.3) is 11.1 Å². The molecule has 0 radical (unpaired) electrons. The topological polar surface area (TPSA) is 67.4 Å². The molecule has 0 saturated heterocycles. The number of methoxy groups -OCH3 is 1. The number of carbonyl (C=O) groups is 2. The summed E-state index contributed by atoms with van der Waals surface area (Å²) in [7, 11) is 1.28. The molecule has 1 aliphatic rings. The van der Waals surface area contributed by atoms with Gasteiger partial charge in [0, 0.05) is 5.56 Å². The lowest BCUT2D eigenvalue weighted by atomic mass is 9.97. The molecule has 5 nitrogen and oxygen atoms in total. The third-order valence-electron chi connectivity index (χ3n) is 3.71. The van der Waals surface area contributed by atoms with E-state index in [0.29, 0.717) is 22.5 Å². The molecule has 2 aromatic rings. The van der Waals surface area contributed by atoms with Gasteiger partial charge in [0.25, 0.3) is 0 Å². The van der Waals surface area contributed by atoms with E-state index in [1.165, 1.54) is 19.2 Å². The van der Waals surface area contributed by atoms with E-state index >= 15 is 0 Å². The molecule has 23 heavy (non-hydrogen) atoms. The molecular formula is C17H15FN2O3. The molecule has 0 spiro atoms. The van der Waals surface area contributed by atoms with Gasteiger partial charge in [-0.15, -0.1) is 0 Å². The summed E-state index contributed by atoms with van der Waals surface area (Å²) in [5, 5.41) is 5.84. The SMILES string of the molecule is COC(=O)c1cc2c(c(-c3cccc(F)c3)c1)NC(C)C(=O)N2. The molecule has 1 atom stereocenters. The van der Waals surface area contributed by atoms with Gasteiger partial charge in [-0.25, -0.2) is 9.18 Å². The van der Waals surface area contributed by atoms with E-state index in [1.807, 2.05) is 0 Å². The van der Waals surface area contributed by atoms with Crippen LogP contribution in [0.1, 0.15) is 17.3 Å². The van der Waals surface area contributed by atoms with Gasteiger partial charge in [0.15, 0.2) is 0 Å². The zero-order valence-corrected chi connectivity index (χ0v) is 12.6. The zero-order valence-electron chi connectivity index (χ0n) is 12.6. The highest BCUT2D eigenvalue weighted by atomic mass is 19.1. The first-order valence-corrected chi connectivity index (χ1v) is 7.09. The highest BCUT2D eigenvalue weighted by Crippen LogP contribution is 2.38. The maximum Gasteiger partial charge on any atom is 0.337 e. The van der Waals surface area contributed by atoms with E-state index < -0.39 is 12.0 Å². The number of rotatable bonds is 2. The van der Waals surface area contributed by atoms with Gasteiger partial charge in [-0.1, -0.05) is 12.1 Å². The second-order valence-electron chi connectivity index (χ2n) is 5.30. The van der Waals surface area contributed by atoms with E-state index in [4.69, 9.17) is 4.74 Å². The predicted molar refractivity (Wildman–Crippen MR) is 84.9 cm³/mol. The van der Waals surface area contributed by atoms with Crippen molar-refractivity contribution in [3.05, 3.63) is 47.8 Å². The molecule has 118 valence electrons. The molecule has 1 heterocycles. The number of amides is 1. The van der Waals surface area contributed by atoms with Gasteiger partial charge < -0.3 is 15.4 Å². The number of ether oxygens (including phenoxy) is 1.